The molecule has 352 valence electrons. The van der Waals surface area contributed by atoms with Crippen LogP contribution >= 0.6 is 0 Å². The van der Waals surface area contributed by atoms with Crippen LogP contribution in [-0.4, -0.2) is 105 Å². The van der Waals surface area contributed by atoms with E-state index in [0.717, 1.165) is 5.56 Å². The lowest BCUT2D eigenvalue weighted by Crippen LogP contribution is -2.58. The minimum Gasteiger partial charge on any atom is -0.487 e. The highest BCUT2D eigenvalue weighted by Gasteiger charge is 2.38. The summed E-state index contributed by atoms with van der Waals surface area (Å²) in [5, 5.41) is 24.2. The molecule has 2 aliphatic rings. The molecule has 0 bridgehead atoms. The Kier molecular flexibility index (Phi) is 17.3. The maximum absolute atomic E-state index is 14.0. The molecule has 0 spiro atoms. The molecule has 19 nitrogen and oxygen atoms in total. The summed E-state index contributed by atoms with van der Waals surface area (Å²) in [5.74, 6) is -4.58. The first-order valence-electron chi connectivity index (χ1n) is 21.5. The summed E-state index contributed by atoms with van der Waals surface area (Å²) in [5.41, 5.74) is 7.52. The highest BCUT2D eigenvalue weighted by molar-refractivity contribution is 7.90. The first kappa shape index (κ1) is 50.9. The minimum absolute atomic E-state index is 0.0109. The molecule has 0 saturated carbocycles. The van der Waals surface area contributed by atoms with Gasteiger partial charge in [0.2, 0.25) is 35.5 Å². The fourth-order valence-electron chi connectivity index (χ4n) is 7.59. The van der Waals surface area contributed by atoms with E-state index >= 15 is 0 Å². The van der Waals surface area contributed by atoms with E-state index in [-0.39, 0.29) is 37.1 Å². The monoisotopic (exact) mass is 911 g/mol. The SMILES string of the molecule is Cc1c(C)c(S(=O)(=O)NC(=N)NCCC[C@H]2NC(=O)CNC(=O)[C@@H](CC(=O)OC(C)(C)C)NC(=O)[C@H](Cc3ccccc3)NC(=O)[C@@H](CCCCN)NC2=O)c(C)c2c1OC(C)(C)C2. The van der Waals surface area contributed by atoms with Gasteiger partial charge in [-0.15, -0.1) is 0 Å². The summed E-state index contributed by atoms with van der Waals surface area (Å²) in [6, 6.07) is 3.57. The number of amides is 5. The largest absolute Gasteiger partial charge is 0.487 e. The number of nitrogens with one attached hydrogen (secondary N) is 8. The Labute approximate surface area is 375 Å². The second-order valence-electron chi connectivity index (χ2n) is 17.9. The number of ether oxygens (including phenoxy) is 2. The quantitative estimate of drug-likeness (QED) is 0.0557. The highest BCUT2D eigenvalue weighted by Crippen LogP contribution is 2.43. The molecule has 10 N–H and O–H groups in total. The molecule has 2 aliphatic heterocycles. The van der Waals surface area contributed by atoms with E-state index in [1.54, 1.807) is 71.9 Å². The number of hydrogen-bond acceptors (Lipinski definition) is 12. The van der Waals surface area contributed by atoms with Crippen molar-refractivity contribution in [1.29, 1.82) is 5.41 Å². The highest BCUT2D eigenvalue weighted by atomic mass is 32.2. The van der Waals surface area contributed by atoms with E-state index in [2.05, 4.69) is 36.6 Å². The van der Waals surface area contributed by atoms with Crippen molar-refractivity contribution in [3.8, 4) is 5.75 Å². The lowest BCUT2D eigenvalue weighted by molar-refractivity contribution is -0.156. The third-order valence-corrected chi connectivity index (χ3v) is 12.4. The van der Waals surface area contributed by atoms with Crippen molar-refractivity contribution < 1.29 is 46.7 Å². The molecule has 0 radical (unpaired) electrons. The van der Waals surface area contributed by atoms with Crippen LogP contribution in [0.25, 0.3) is 0 Å². The molecule has 0 aromatic heterocycles. The smallest absolute Gasteiger partial charge is 0.308 e. The summed E-state index contributed by atoms with van der Waals surface area (Å²) in [4.78, 5) is 81.7. The second kappa shape index (κ2) is 21.7. The molecule has 2 aromatic rings. The van der Waals surface area contributed by atoms with Crippen molar-refractivity contribution in [2.24, 2.45) is 5.73 Å². The first-order valence-corrected chi connectivity index (χ1v) is 23.0. The van der Waals surface area contributed by atoms with E-state index in [1.807, 2.05) is 13.8 Å². The van der Waals surface area contributed by atoms with Crippen LogP contribution in [0.5, 0.6) is 5.75 Å². The third kappa shape index (κ3) is 14.4. The number of benzene rings is 2. The molecule has 0 unspecified atom stereocenters. The summed E-state index contributed by atoms with van der Waals surface area (Å²) in [6.45, 7) is 13.6. The summed E-state index contributed by atoms with van der Waals surface area (Å²) >= 11 is 0. The van der Waals surface area contributed by atoms with Crippen molar-refractivity contribution >= 4 is 51.5 Å². The zero-order valence-electron chi connectivity index (χ0n) is 38.0. The lowest BCUT2D eigenvalue weighted by Gasteiger charge is -2.26. The molecule has 2 heterocycles. The van der Waals surface area contributed by atoms with Crippen LogP contribution < -0.4 is 47.1 Å². The van der Waals surface area contributed by atoms with Gasteiger partial charge < -0.3 is 47.1 Å². The van der Waals surface area contributed by atoms with Gasteiger partial charge in [-0.25, -0.2) is 13.1 Å². The van der Waals surface area contributed by atoms with Gasteiger partial charge >= 0.3 is 5.97 Å². The average molecular weight is 912 g/mol. The van der Waals surface area contributed by atoms with E-state index in [4.69, 9.17) is 20.6 Å². The number of carbonyl (C=O) groups is 6. The third-order valence-electron chi connectivity index (χ3n) is 10.8. The number of nitrogens with two attached hydrogens (primary N) is 1. The van der Waals surface area contributed by atoms with Crippen molar-refractivity contribution in [2.45, 2.75) is 147 Å². The number of fused-ring (bicyclic) bond motifs is 1. The van der Waals surface area contributed by atoms with Gasteiger partial charge in [0.05, 0.1) is 17.9 Å². The maximum atomic E-state index is 14.0. The van der Waals surface area contributed by atoms with Gasteiger partial charge in [-0.2, -0.15) is 0 Å². The molecule has 4 rings (SSSR count). The van der Waals surface area contributed by atoms with Crippen molar-refractivity contribution in [3.05, 3.63) is 58.1 Å². The Morgan fingerprint density at radius 2 is 1.44 bits per heavy atom. The van der Waals surface area contributed by atoms with Crippen LogP contribution in [0.3, 0.4) is 0 Å². The van der Waals surface area contributed by atoms with E-state index in [0.29, 0.717) is 53.8 Å². The van der Waals surface area contributed by atoms with E-state index in [9.17, 15) is 37.2 Å². The zero-order valence-corrected chi connectivity index (χ0v) is 38.9. The molecule has 5 amide bonds. The Morgan fingerprint density at radius 1 is 0.844 bits per heavy atom. The summed E-state index contributed by atoms with van der Waals surface area (Å²) in [6.07, 6.45) is 1.06. The lowest BCUT2D eigenvalue weighted by atomic mass is 9.94. The molecule has 1 saturated heterocycles. The fourth-order valence-corrected chi connectivity index (χ4v) is 9.12. The molecule has 2 aromatic carbocycles. The van der Waals surface area contributed by atoms with Gasteiger partial charge in [-0.05, 0) is 116 Å². The molecular weight excluding hydrogens is 847 g/mol. The summed E-state index contributed by atoms with van der Waals surface area (Å²) < 4.78 is 41.2. The topological polar surface area (TPSA) is 289 Å². The number of carbonyl (C=O) groups excluding carboxylic acids is 6. The number of esters is 1. The van der Waals surface area contributed by atoms with Gasteiger partial charge in [-0.1, -0.05) is 30.3 Å². The number of guanidine groups is 1. The summed E-state index contributed by atoms with van der Waals surface area (Å²) in [7, 11) is -4.22. The van der Waals surface area contributed by atoms with Gasteiger partial charge in [0.15, 0.2) is 0 Å². The van der Waals surface area contributed by atoms with Crippen molar-refractivity contribution in [3.63, 3.8) is 0 Å². The van der Waals surface area contributed by atoms with Crippen LogP contribution in [0.15, 0.2) is 35.2 Å². The predicted molar refractivity (Wildman–Crippen MR) is 239 cm³/mol. The molecule has 0 aliphatic carbocycles. The van der Waals surface area contributed by atoms with Gasteiger partial charge in [0, 0.05) is 24.9 Å². The minimum atomic E-state index is -4.22. The van der Waals surface area contributed by atoms with Crippen molar-refractivity contribution in [1.82, 2.24) is 36.6 Å². The number of hydrogen-bond donors (Lipinski definition) is 9. The van der Waals surface area contributed by atoms with Crippen LogP contribution in [-0.2, 0) is 56.4 Å². The van der Waals surface area contributed by atoms with Crippen LogP contribution in [0.4, 0.5) is 0 Å². The van der Waals surface area contributed by atoms with Crippen LogP contribution in [0, 0.1) is 26.2 Å². The fraction of sp³-hybridized carbons (Fsp3) is 0.568. The number of unbranched alkanes of at least 4 members (excludes halogenated alkanes) is 1. The first-order chi connectivity index (χ1) is 29.9. The number of rotatable bonds is 14. The van der Waals surface area contributed by atoms with Gasteiger partial charge in [-0.3, -0.25) is 34.2 Å². The molecular formula is C44H65N9O10S. The van der Waals surface area contributed by atoms with Gasteiger partial charge in [0.25, 0.3) is 10.0 Å². The predicted octanol–water partition coefficient (Wildman–Crippen LogP) is 1.08. The van der Waals surface area contributed by atoms with Crippen LogP contribution in [0.1, 0.15) is 101 Å². The van der Waals surface area contributed by atoms with Crippen molar-refractivity contribution in [2.75, 3.05) is 19.6 Å². The van der Waals surface area contributed by atoms with E-state index < -0.39 is 99.8 Å². The molecule has 64 heavy (non-hydrogen) atoms. The zero-order chi connectivity index (χ0) is 47.6. The Hall–Kier alpha value is -5.76. The Bertz CT molecular complexity index is 2190. The molecule has 1 fully saturated rings. The molecule has 4 atom stereocenters. The molecule has 20 heteroatoms. The van der Waals surface area contributed by atoms with Crippen LogP contribution in [0.2, 0.25) is 0 Å². The Balaban J connectivity index is 1.54. The second-order valence-corrected chi connectivity index (χ2v) is 19.5. The van der Waals surface area contributed by atoms with E-state index in [1.165, 1.54) is 0 Å². The maximum Gasteiger partial charge on any atom is 0.308 e. The number of sulfonamides is 1. The standard InChI is InChI=1S/C44H65N9O10S/c1-25-26(2)37(27(3)29-23-44(7,8)63-36(25)29)64(60,61)53-42(46)47-20-14-18-30-39(57)50-31(17-12-13-19-45)40(58)51-32(21-28-15-10-9-11-16-28)41(59)52-33(22-35(55)62-43(4,5)6)38(56)48-24-34(54)49-30/h9-11,15-16,30-33H,12-14,17-24,45H2,1-8H3,(H,48,56)(H,49,54)(H,50,57)(H,51,58)(H,52,59)(H3,46,47,53)/t30-,31-,32+,33-/m1/s1. The average Bonchev–Trinajstić information content (AvgIpc) is 3.53. The normalized spacial score (nSPS) is 20.7. The Morgan fingerprint density at radius 3 is 2.08 bits per heavy atom. The van der Waals surface area contributed by atoms with Gasteiger partial charge in [0.1, 0.15) is 41.1 Å².